The van der Waals surface area contributed by atoms with Gasteiger partial charge in [-0.2, -0.15) is 0 Å². The second-order valence-electron chi connectivity index (χ2n) is 8.26. The fraction of sp³-hybridized carbons (Fsp3) is 0.636. The molecule has 1 saturated carbocycles. The molecular formula is C22H33ClN4O3. The van der Waals surface area contributed by atoms with Crippen LogP contribution in [0.2, 0.25) is 5.02 Å². The third-order valence-electron chi connectivity index (χ3n) is 6.12. The van der Waals surface area contributed by atoms with Crippen LogP contribution in [-0.4, -0.2) is 66.9 Å². The highest BCUT2D eigenvalue weighted by atomic mass is 35.5. The SMILES string of the molecule is CCN(CCN(C)CCC1CCC(NC(=O)CO)CC1)c1noc2cc(Cl)ccc12. The first-order valence-electron chi connectivity index (χ1n) is 10.9. The summed E-state index contributed by atoms with van der Waals surface area (Å²) < 4.78 is 5.46. The Kier molecular flexibility index (Phi) is 8.36. The molecule has 0 atom stereocenters. The average Bonchev–Trinajstić information content (AvgIpc) is 3.16. The topological polar surface area (TPSA) is 81.8 Å². The van der Waals surface area contributed by atoms with Crippen LogP contribution in [0.25, 0.3) is 11.0 Å². The van der Waals surface area contributed by atoms with Crippen molar-refractivity contribution in [2.24, 2.45) is 5.92 Å². The third kappa shape index (κ3) is 6.09. The molecule has 2 aromatic rings. The average molecular weight is 437 g/mol. The van der Waals surface area contributed by atoms with Gasteiger partial charge in [-0.3, -0.25) is 4.79 Å². The Labute approximate surface area is 183 Å². The molecule has 8 heteroatoms. The van der Waals surface area contributed by atoms with E-state index in [1.807, 2.05) is 12.1 Å². The Morgan fingerprint density at radius 2 is 2.03 bits per heavy atom. The molecular weight excluding hydrogens is 404 g/mol. The smallest absolute Gasteiger partial charge is 0.245 e. The molecule has 3 rings (SSSR count). The fourth-order valence-electron chi connectivity index (χ4n) is 4.21. The second kappa shape index (κ2) is 11.0. The Morgan fingerprint density at radius 1 is 1.27 bits per heavy atom. The van der Waals surface area contributed by atoms with Gasteiger partial charge in [0.1, 0.15) is 6.61 Å². The van der Waals surface area contributed by atoms with Crippen LogP contribution in [-0.2, 0) is 4.79 Å². The summed E-state index contributed by atoms with van der Waals surface area (Å²) in [6.45, 7) is 5.48. The molecule has 1 aromatic heterocycles. The lowest BCUT2D eigenvalue weighted by molar-refractivity contribution is -0.124. The number of amides is 1. The van der Waals surface area contributed by atoms with E-state index in [-0.39, 0.29) is 11.9 Å². The highest BCUT2D eigenvalue weighted by molar-refractivity contribution is 6.31. The number of carbonyl (C=O) groups excluding carboxylic acids is 1. The number of aliphatic hydroxyl groups is 1. The van der Waals surface area contributed by atoms with Gasteiger partial charge in [0.15, 0.2) is 11.4 Å². The number of nitrogens with zero attached hydrogens (tertiary/aromatic N) is 3. The molecule has 0 saturated heterocycles. The number of halogens is 1. The maximum Gasteiger partial charge on any atom is 0.245 e. The van der Waals surface area contributed by atoms with Crippen LogP contribution in [0.1, 0.15) is 39.0 Å². The minimum absolute atomic E-state index is 0.226. The van der Waals surface area contributed by atoms with E-state index in [2.05, 4.69) is 34.2 Å². The first-order chi connectivity index (χ1) is 14.5. The van der Waals surface area contributed by atoms with E-state index < -0.39 is 6.61 Å². The summed E-state index contributed by atoms with van der Waals surface area (Å²) in [5, 5.41) is 17.7. The molecule has 1 amide bonds. The van der Waals surface area contributed by atoms with Gasteiger partial charge < -0.3 is 24.7 Å². The van der Waals surface area contributed by atoms with Crippen molar-refractivity contribution < 1.29 is 14.4 Å². The molecule has 0 radical (unpaired) electrons. The quantitative estimate of drug-likeness (QED) is 0.594. The number of hydrogen-bond donors (Lipinski definition) is 2. The molecule has 1 aliphatic rings. The van der Waals surface area contributed by atoms with Crippen LogP contribution in [0.4, 0.5) is 5.82 Å². The summed E-state index contributed by atoms with van der Waals surface area (Å²) in [4.78, 5) is 15.9. The van der Waals surface area contributed by atoms with E-state index in [0.717, 1.165) is 68.6 Å². The van der Waals surface area contributed by atoms with Crippen molar-refractivity contribution in [2.75, 3.05) is 44.7 Å². The summed E-state index contributed by atoms with van der Waals surface area (Å²) in [6, 6.07) is 5.87. The normalized spacial score (nSPS) is 19.4. The first kappa shape index (κ1) is 22.8. The fourth-order valence-corrected chi connectivity index (χ4v) is 4.38. The predicted octanol–water partition coefficient (Wildman–Crippen LogP) is 3.30. The van der Waals surface area contributed by atoms with E-state index in [1.54, 1.807) is 6.07 Å². The molecule has 0 bridgehead atoms. The highest BCUT2D eigenvalue weighted by Gasteiger charge is 2.22. The molecule has 1 heterocycles. The molecule has 0 spiro atoms. The zero-order valence-electron chi connectivity index (χ0n) is 17.9. The van der Waals surface area contributed by atoms with Gasteiger partial charge in [-0.15, -0.1) is 0 Å². The van der Waals surface area contributed by atoms with Crippen molar-refractivity contribution >= 4 is 34.3 Å². The number of rotatable bonds is 10. The maximum atomic E-state index is 11.3. The van der Waals surface area contributed by atoms with Gasteiger partial charge in [0.2, 0.25) is 5.91 Å². The zero-order chi connectivity index (χ0) is 21.5. The van der Waals surface area contributed by atoms with E-state index in [0.29, 0.717) is 10.9 Å². The summed E-state index contributed by atoms with van der Waals surface area (Å²) in [7, 11) is 2.17. The first-order valence-corrected chi connectivity index (χ1v) is 11.3. The van der Waals surface area contributed by atoms with Crippen molar-refractivity contribution in [1.82, 2.24) is 15.4 Å². The van der Waals surface area contributed by atoms with Crippen LogP contribution >= 0.6 is 11.6 Å². The lowest BCUT2D eigenvalue weighted by Crippen LogP contribution is -2.39. The molecule has 30 heavy (non-hydrogen) atoms. The number of aliphatic hydroxyl groups excluding tert-OH is 1. The Balaban J connectivity index is 1.41. The Bertz CT molecular complexity index is 820. The summed E-state index contributed by atoms with van der Waals surface area (Å²) >= 11 is 6.04. The van der Waals surface area contributed by atoms with Gasteiger partial charge in [0.25, 0.3) is 0 Å². The van der Waals surface area contributed by atoms with E-state index in [9.17, 15) is 4.79 Å². The van der Waals surface area contributed by atoms with Gasteiger partial charge in [-0.1, -0.05) is 16.8 Å². The van der Waals surface area contributed by atoms with Crippen molar-refractivity contribution in [2.45, 2.75) is 45.1 Å². The van der Waals surface area contributed by atoms with Crippen LogP contribution in [0, 0.1) is 5.92 Å². The van der Waals surface area contributed by atoms with Crippen molar-refractivity contribution in [3.05, 3.63) is 23.2 Å². The molecule has 0 aliphatic heterocycles. The van der Waals surface area contributed by atoms with Crippen LogP contribution < -0.4 is 10.2 Å². The number of nitrogens with one attached hydrogen (secondary N) is 1. The molecule has 1 aliphatic carbocycles. The molecule has 0 unspecified atom stereocenters. The number of aromatic nitrogens is 1. The minimum Gasteiger partial charge on any atom is -0.387 e. The lowest BCUT2D eigenvalue weighted by atomic mass is 9.84. The number of fused-ring (bicyclic) bond motifs is 1. The van der Waals surface area contributed by atoms with Crippen LogP contribution in [0.3, 0.4) is 0 Å². The summed E-state index contributed by atoms with van der Waals surface area (Å²) in [6.07, 6.45) is 5.46. The van der Waals surface area contributed by atoms with Gasteiger partial charge >= 0.3 is 0 Å². The lowest BCUT2D eigenvalue weighted by Gasteiger charge is -2.30. The van der Waals surface area contributed by atoms with Crippen molar-refractivity contribution in [3.63, 3.8) is 0 Å². The second-order valence-corrected chi connectivity index (χ2v) is 8.70. The highest BCUT2D eigenvalue weighted by Crippen LogP contribution is 2.29. The molecule has 7 nitrogen and oxygen atoms in total. The van der Waals surface area contributed by atoms with Crippen LogP contribution in [0.5, 0.6) is 0 Å². The number of hydrogen-bond acceptors (Lipinski definition) is 6. The van der Waals surface area contributed by atoms with Gasteiger partial charge in [0, 0.05) is 36.8 Å². The van der Waals surface area contributed by atoms with Crippen LogP contribution in [0.15, 0.2) is 22.7 Å². The number of likely N-dealkylation sites (N-methyl/N-ethyl adjacent to an activating group) is 2. The molecule has 2 N–H and O–H groups in total. The van der Waals surface area contributed by atoms with Crippen molar-refractivity contribution in [1.29, 1.82) is 0 Å². The predicted molar refractivity (Wildman–Crippen MR) is 120 cm³/mol. The number of benzene rings is 1. The monoisotopic (exact) mass is 436 g/mol. The van der Waals surface area contributed by atoms with Gasteiger partial charge in [0.05, 0.1) is 5.39 Å². The van der Waals surface area contributed by atoms with Gasteiger partial charge in [-0.05, 0) is 70.7 Å². The number of anilines is 1. The largest absolute Gasteiger partial charge is 0.387 e. The Morgan fingerprint density at radius 3 is 2.73 bits per heavy atom. The minimum atomic E-state index is -0.419. The molecule has 166 valence electrons. The van der Waals surface area contributed by atoms with E-state index in [1.165, 1.54) is 6.42 Å². The van der Waals surface area contributed by atoms with Crippen molar-refractivity contribution in [3.8, 4) is 0 Å². The van der Waals surface area contributed by atoms with E-state index in [4.69, 9.17) is 21.2 Å². The zero-order valence-corrected chi connectivity index (χ0v) is 18.7. The standard InChI is InChI=1S/C22H33ClN4O3/c1-3-27(22-19-9-6-17(23)14-20(19)30-25-22)13-12-26(2)11-10-16-4-7-18(8-5-16)24-21(29)15-28/h6,9,14,16,18,28H,3-5,7-8,10-13,15H2,1-2H3,(H,24,29). The summed E-state index contributed by atoms with van der Waals surface area (Å²) in [5.41, 5.74) is 0.718. The maximum absolute atomic E-state index is 11.3. The van der Waals surface area contributed by atoms with E-state index >= 15 is 0 Å². The Hall–Kier alpha value is -1.83. The number of carbonyl (C=O) groups is 1. The molecule has 1 fully saturated rings. The summed E-state index contributed by atoms with van der Waals surface area (Å²) in [5.74, 6) is 1.32. The molecule has 1 aromatic carbocycles. The van der Waals surface area contributed by atoms with Gasteiger partial charge in [-0.25, -0.2) is 0 Å². The third-order valence-corrected chi connectivity index (χ3v) is 6.36.